The Labute approximate surface area is 102 Å². The van der Waals surface area contributed by atoms with Crippen LogP contribution in [0.5, 0.6) is 0 Å². The van der Waals surface area contributed by atoms with E-state index in [2.05, 4.69) is 31.1 Å². The molecule has 0 heterocycles. The number of thiol groups is 1. The van der Waals surface area contributed by atoms with Crippen molar-refractivity contribution in [2.45, 2.75) is 26.2 Å². The first-order chi connectivity index (χ1) is 7.65. The molecule has 1 rings (SSSR count). The van der Waals surface area contributed by atoms with Gasteiger partial charge in [-0.25, -0.2) is 4.79 Å². The lowest BCUT2D eigenvalue weighted by molar-refractivity contribution is 0.212. The number of urea groups is 1. The highest BCUT2D eigenvalue weighted by Crippen LogP contribution is 2.23. The Balaban J connectivity index is 2.31. The lowest BCUT2D eigenvalue weighted by Crippen LogP contribution is -2.38. The summed E-state index contributed by atoms with van der Waals surface area (Å²) in [5.41, 5.74) is 1.36. The van der Waals surface area contributed by atoms with Crippen LogP contribution in [0.3, 0.4) is 0 Å². The third-order valence-corrected chi connectivity index (χ3v) is 3.29. The van der Waals surface area contributed by atoms with Crippen molar-refractivity contribution in [1.82, 2.24) is 9.62 Å². The molecule has 0 saturated carbocycles. The highest BCUT2D eigenvalue weighted by molar-refractivity contribution is 7.78. The molecule has 0 bridgehead atoms. The molecule has 0 spiro atoms. The lowest BCUT2D eigenvalue weighted by Gasteiger charge is -2.23. The number of carbonyl (C=O) groups excluding carboxylic acids is 1. The van der Waals surface area contributed by atoms with E-state index in [0.29, 0.717) is 12.5 Å². The van der Waals surface area contributed by atoms with Gasteiger partial charge in [0.15, 0.2) is 0 Å². The number of carbonyl (C=O) groups is 1. The molecule has 5 heteroatoms. The molecule has 0 aliphatic heterocycles. The Hall–Kier alpha value is -0.680. The van der Waals surface area contributed by atoms with Crippen LogP contribution in [0.4, 0.5) is 4.79 Å². The summed E-state index contributed by atoms with van der Waals surface area (Å²) in [4.78, 5) is 11.5. The van der Waals surface area contributed by atoms with Crippen LogP contribution in [-0.4, -0.2) is 35.1 Å². The van der Waals surface area contributed by atoms with Crippen molar-refractivity contribution >= 4 is 18.8 Å². The zero-order valence-corrected chi connectivity index (χ0v) is 10.5. The van der Waals surface area contributed by atoms with Crippen molar-refractivity contribution in [3.8, 4) is 0 Å². The predicted octanol–water partition coefficient (Wildman–Crippen LogP) is 1.58. The summed E-state index contributed by atoms with van der Waals surface area (Å²) in [6.07, 6.45) is 5.72. The minimum absolute atomic E-state index is 0.0702. The molecule has 1 unspecified atom stereocenters. The standard InChI is InChI=1S/C11H20N2O2S/c1-9-4-2-3-5-10(9)8-12-11(15)13(16)6-7-14/h4,10,14,16H,2-3,5-8H2,1H3,(H,12,15). The van der Waals surface area contributed by atoms with Gasteiger partial charge < -0.3 is 10.4 Å². The average molecular weight is 244 g/mol. The normalized spacial score (nSPS) is 20.2. The zero-order valence-electron chi connectivity index (χ0n) is 9.65. The number of hydrogen-bond acceptors (Lipinski definition) is 3. The minimum atomic E-state index is -0.240. The minimum Gasteiger partial charge on any atom is -0.394 e. The molecule has 1 aliphatic rings. The number of amides is 2. The molecule has 0 saturated heterocycles. The molecular weight excluding hydrogens is 224 g/mol. The molecule has 92 valence electrons. The van der Waals surface area contributed by atoms with Gasteiger partial charge in [0.1, 0.15) is 0 Å². The van der Waals surface area contributed by atoms with Crippen molar-refractivity contribution in [3.63, 3.8) is 0 Å². The summed E-state index contributed by atoms with van der Waals surface area (Å²) in [6, 6.07) is -0.240. The Kier molecular flexibility index (Phi) is 5.69. The third kappa shape index (κ3) is 4.06. The number of nitrogens with one attached hydrogen (secondary N) is 1. The molecule has 0 aromatic carbocycles. The highest BCUT2D eigenvalue weighted by Gasteiger charge is 2.16. The molecule has 0 fully saturated rings. The average Bonchev–Trinajstić information content (AvgIpc) is 2.28. The van der Waals surface area contributed by atoms with Gasteiger partial charge in [0.2, 0.25) is 0 Å². The van der Waals surface area contributed by atoms with E-state index in [4.69, 9.17) is 5.11 Å². The largest absolute Gasteiger partial charge is 0.394 e. The first-order valence-corrected chi connectivity index (χ1v) is 6.07. The van der Waals surface area contributed by atoms with Crippen molar-refractivity contribution in [2.24, 2.45) is 5.92 Å². The van der Waals surface area contributed by atoms with Crippen LogP contribution in [0.25, 0.3) is 0 Å². The van der Waals surface area contributed by atoms with Gasteiger partial charge in [0, 0.05) is 6.54 Å². The van der Waals surface area contributed by atoms with Gasteiger partial charge in [-0.05, 0) is 32.1 Å². The van der Waals surface area contributed by atoms with Crippen molar-refractivity contribution in [3.05, 3.63) is 11.6 Å². The molecule has 4 nitrogen and oxygen atoms in total. The Bertz CT molecular complexity index is 269. The second kappa shape index (κ2) is 6.81. The van der Waals surface area contributed by atoms with Gasteiger partial charge in [0.25, 0.3) is 0 Å². The van der Waals surface area contributed by atoms with Gasteiger partial charge in [0.05, 0.1) is 13.2 Å². The van der Waals surface area contributed by atoms with E-state index >= 15 is 0 Å². The molecule has 2 N–H and O–H groups in total. The van der Waals surface area contributed by atoms with Gasteiger partial charge in [-0.1, -0.05) is 24.5 Å². The fourth-order valence-corrected chi connectivity index (χ4v) is 2.01. The number of hydrogen-bond donors (Lipinski definition) is 3. The van der Waals surface area contributed by atoms with Crippen LogP contribution in [0.2, 0.25) is 0 Å². The molecular formula is C11H20N2O2S. The van der Waals surface area contributed by atoms with E-state index in [0.717, 1.165) is 12.8 Å². The predicted molar refractivity (Wildman–Crippen MR) is 67.3 cm³/mol. The highest BCUT2D eigenvalue weighted by atomic mass is 32.1. The van der Waals surface area contributed by atoms with Crippen LogP contribution < -0.4 is 5.32 Å². The molecule has 16 heavy (non-hydrogen) atoms. The third-order valence-electron chi connectivity index (χ3n) is 2.91. The number of allylic oxidation sites excluding steroid dienone is 1. The maximum atomic E-state index is 11.5. The molecule has 0 aromatic rings. The number of aliphatic hydroxyl groups excluding tert-OH is 1. The summed E-state index contributed by atoms with van der Waals surface area (Å²) < 4.78 is 1.20. The molecule has 0 radical (unpaired) electrons. The summed E-state index contributed by atoms with van der Waals surface area (Å²) >= 11 is 3.97. The smallest absolute Gasteiger partial charge is 0.327 e. The van der Waals surface area contributed by atoms with E-state index < -0.39 is 0 Å². The van der Waals surface area contributed by atoms with Crippen LogP contribution in [0, 0.1) is 5.92 Å². The van der Waals surface area contributed by atoms with Crippen LogP contribution in [0.15, 0.2) is 11.6 Å². The van der Waals surface area contributed by atoms with Crippen molar-refractivity contribution < 1.29 is 9.90 Å². The maximum absolute atomic E-state index is 11.5. The lowest BCUT2D eigenvalue weighted by atomic mass is 9.89. The fraction of sp³-hybridized carbons (Fsp3) is 0.727. The molecule has 2 amide bonds. The van der Waals surface area contributed by atoms with E-state index in [1.807, 2.05) is 0 Å². The number of aliphatic hydroxyl groups is 1. The van der Waals surface area contributed by atoms with Gasteiger partial charge in [-0.2, -0.15) is 0 Å². The van der Waals surface area contributed by atoms with Crippen LogP contribution in [-0.2, 0) is 0 Å². The SMILES string of the molecule is CC1=CCCCC1CNC(=O)N(S)CCO. The van der Waals surface area contributed by atoms with Crippen molar-refractivity contribution in [1.29, 1.82) is 0 Å². The fourth-order valence-electron chi connectivity index (χ4n) is 1.85. The van der Waals surface area contributed by atoms with Gasteiger partial charge >= 0.3 is 6.03 Å². The molecule has 0 aromatic heterocycles. The second-order valence-electron chi connectivity index (χ2n) is 4.11. The Morgan fingerprint density at radius 1 is 1.75 bits per heavy atom. The second-order valence-corrected chi connectivity index (χ2v) is 4.59. The first kappa shape index (κ1) is 13.4. The van der Waals surface area contributed by atoms with Gasteiger partial charge in [-0.15, -0.1) is 0 Å². The Morgan fingerprint density at radius 3 is 3.12 bits per heavy atom. The van der Waals surface area contributed by atoms with E-state index in [1.54, 1.807) is 0 Å². The molecule has 1 aliphatic carbocycles. The first-order valence-electron chi connectivity index (χ1n) is 5.67. The number of rotatable bonds is 4. The van der Waals surface area contributed by atoms with E-state index in [1.165, 1.54) is 16.3 Å². The molecule has 1 atom stereocenters. The number of nitrogens with zero attached hydrogens (tertiary/aromatic N) is 1. The maximum Gasteiger partial charge on any atom is 0.327 e. The van der Waals surface area contributed by atoms with Gasteiger partial charge in [-0.3, -0.25) is 4.31 Å². The summed E-state index contributed by atoms with van der Waals surface area (Å²) in [7, 11) is 0. The summed E-state index contributed by atoms with van der Waals surface area (Å²) in [6.45, 7) is 2.94. The quantitative estimate of drug-likeness (QED) is 0.519. The van der Waals surface area contributed by atoms with Crippen molar-refractivity contribution in [2.75, 3.05) is 19.7 Å². The zero-order chi connectivity index (χ0) is 12.0. The Morgan fingerprint density at radius 2 is 2.50 bits per heavy atom. The van der Waals surface area contributed by atoms with E-state index in [-0.39, 0.29) is 19.2 Å². The summed E-state index contributed by atoms with van der Waals surface area (Å²) in [5.74, 6) is 0.452. The monoisotopic (exact) mass is 244 g/mol. The van der Waals surface area contributed by atoms with Crippen LogP contribution in [0.1, 0.15) is 26.2 Å². The summed E-state index contributed by atoms with van der Waals surface area (Å²) in [5, 5.41) is 11.5. The topological polar surface area (TPSA) is 52.6 Å². The van der Waals surface area contributed by atoms with E-state index in [9.17, 15) is 4.79 Å². The van der Waals surface area contributed by atoms with Crippen LogP contribution >= 0.6 is 12.8 Å².